The maximum atomic E-state index is 12.1. The molecule has 1 atom stereocenters. The van der Waals surface area contributed by atoms with E-state index in [0.29, 0.717) is 12.4 Å². The molecule has 134 valence electrons. The van der Waals surface area contributed by atoms with Crippen molar-refractivity contribution in [1.29, 1.82) is 0 Å². The van der Waals surface area contributed by atoms with Crippen LogP contribution in [0.3, 0.4) is 0 Å². The van der Waals surface area contributed by atoms with Gasteiger partial charge in [0, 0.05) is 37.4 Å². The van der Waals surface area contributed by atoms with E-state index >= 15 is 0 Å². The number of carbonyl (C=O) groups is 2. The lowest BCUT2D eigenvalue weighted by atomic mass is 9.99. The number of H-pyrrole nitrogens is 1. The Morgan fingerprint density at radius 3 is 2.88 bits per heavy atom. The highest BCUT2D eigenvalue weighted by atomic mass is 16.5. The van der Waals surface area contributed by atoms with Crippen LogP contribution in [0.1, 0.15) is 34.9 Å². The molecule has 1 aliphatic heterocycles. The molecule has 0 bridgehead atoms. The molecular formula is C15H20N6O4. The molecule has 3 rings (SSSR count). The summed E-state index contributed by atoms with van der Waals surface area (Å²) in [4.78, 5) is 23.6. The minimum absolute atomic E-state index is 0.233. The number of anilines is 2. The monoisotopic (exact) mass is 348 g/mol. The Balaban J connectivity index is 1.59. The van der Waals surface area contributed by atoms with Crippen molar-refractivity contribution in [3.05, 3.63) is 23.5 Å². The van der Waals surface area contributed by atoms with Crippen molar-refractivity contribution < 1.29 is 19.1 Å². The first-order chi connectivity index (χ1) is 12.1. The third-order valence-corrected chi connectivity index (χ3v) is 3.96. The highest BCUT2D eigenvalue weighted by Crippen LogP contribution is 2.25. The third kappa shape index (κ3) is 3.97. The number of esters is 1. The molecule has 2 aromatic rings. The largest absolute Gasteiger partial charge is 0.464 e. The number of hydrogen-bond acceptors (Lipinski definition) is 6. The molecule has 10 nitrogen and oxygen atoms in total. The van der Waals surface area contributed by atoms with Crippen molar-refractivity contribution in [3.63, 3.8) is 0 Å². The summed E-state index contributed by atoms with van der Waals surface area (Å²) in [7, 11) is 2.86. The molecular weight excluding hydrogens is 328 g/mol. The molecule has 1 aliphatic rings. The van der Waals surface area contributed by atoms with Gasteiger partial charge in [0.25, 0.3) is 0 Å². The summed E-state index contributed by atoms with van der Waals surface area (Å²) < 4.78 is 11.4. The lowest BCUT2D eigenvalue weighted by Gasteiger charge is -2.20. The topological polar surface area (TPSA) is 123 Å². The predicted molar refractivity (Wildman–Crippen MR) is 88.6 cm³/mol. The molecule has 1 saturated heterocycles. The smallest absolute Gasteiger partial charge is 0.356 e. The summed E-state index contributed by atoms with van der Waals surface area (Å²) in [5, 5.41) is 16.2. The summed E-state index contributed by atoms with van der Waals surface area (Å²) in [5.41, 5.74) is 1.16. The molecule has 0 radical (unpaired) electrons. The number of urea groups is 1. The number of aryl methyl sites for hydroxylation is 1. The van der Waals surface area contributed by atoms with E-state index < -0.39 is 12.0 Å². The van der Waals surface area contributed by atoms with Crippen molar-refractivity contribution in [3.8, 4) is 0 Å². The average molecular weight is 348 g/mol. The minimum Gasteiger partial charge on any atom is -0.464 e. The zero-order valence-electron chi connectivity index (χ0n) is 14.0. The SMILES string of the molecule is COC(=O)c1cc(NC(=O)Nc2cc(C3CCCOC3)[nH]n2)nn1C. The van der Waals surface area contributed by atoms with Crippen LogP contribution >= 0.6 is 0 Å². The van der Waals surface area contributed by atoms with E-state index in [4.69, 9.17) is 4.74 Å². The highest BCUT2D eigenvalue weighted by molar-refractivity contribution is 5.99. The molecule has 1 unspecified atom stereocenters. The minimum atomic E-state index is -0.532. The quantitative estimate of drug-likeness (QED) is 0.719. The van der Waals surface area contributed by atoms with Gasteiger partial charge in [-0.1, -0.05) is 0 Å². The molecule has 0 saturated carbocycles. The number of nitrogens with one attached hydrogen (secondary N) is 3. The van der Waals surface area contributed by atoms with Gasteiger partial charge in [-0.05, 0) is 12.8 Å². The molecule has 1 fully saturated rings. The van der Waals surface area contributed by atoms with Gasteiger partial charge in [-0.3, -0.25) is 20.4 Å². The number of aromatic nitrogens is 4. The Kier molecular flexibility index (Phi) is 4.98. The molecule has 2 aromatic heterocycles. The Morgan fingerprint density at radius 1 is 1.36 bits per heavy atom. The maximum absolute atomic E-state index is 12.1. The Bertz CT molecular complexity index is 762. The number of ether oxygens (including phenoxy) is 2. The molecule has 2 amide bonds. The van der Waals surface area contributed by atoms with Gasteiger partial charge in [-0.15, -0.1) is 0 Å². The number of hydrogen-bond donors (Lipinski definition) is 3. The zero-order valence-corrected chi connectivity index (χ0v) is 14.0. The number of carbonyl (C=O) groups excluding carboxylic acids is 2. The van der Waals surface area contributed by atoms with Crippen LogP contribution in [0.4, 0.5) is 16.4 Å². The van der Waals surface area contributed by atoms with E-state index in [9.17, 15) is 9.59 Å². The highest BCUT2D eigenvalue weighted by Gasteiger charge is 2.19. The fourth-order valence-corrected chi connectivity index (χ4v) is 2.68. The zero-order chi connectivity index (χ0) is 17.8. The second kappa shape index (κ2) is 7.34. The first-order valence-corrected chi connectivity index (χ1v) is 7.90. The second-order valence-electron chi connectivity index (χ2n) is 5.73. The van der Waals surface area contributed by atoms with Gasteiger partial charge in [0.1, 0.15) is 5.69 Å². The second-order valence-corrected chi connectivity index (χ2v) is 5.73. The first-order valence-electron chi connectivity index (χ1n) is 7.90. The summed E-state index contributed by atoms with van der Waals surface area (Å²) in [6, 6.07) is 2.71. The van der Waals surface area contributed by atoms with Crippen molar-refractivity contribution >= 4 is 23.6 Å². The molecule has 3 N–H and O–H groups in total. The van der Waals surface area contributed by atoms with E-state index in [2.05, 4.69) is 30.7 Å². The normalized spacial score (nSPS) is 17.1. The van der Waals surface area contributed by atoms with E-state index in [-0.39, 0.29) is 17.4 Å². The number of methoxy groups -OCH3 is 1. The molecule has 3 heterocycles. The Labute approximate surface area is 143 Å². The van der Waals surface area contributed by atoms with Crippen LogP contribution in [-0.4, -0.2) is 52.3 Å². The molecule has 0 spiro atoms. The van der Waals surface area contributed by atoms with Crippen molar-refractivity contribution in [2.24, 2.45) is 7.05 Å². The molecule has 25 heavy (non-hydrogen) atoms. The van der Waals surface area contributed by atoms with Crippen molar-refractivity contribution in [2.75, 3.05) is 31.0 Å². The van der Waals surface area contributed by atoms with Crippen LogP contribution in [0.5, 0.6) is 0 Å². The van der Waals surface area contributed by atoms with Gasteiger partial charge in [0.05, 0.1) is 13.7 Å². The van der Waals surface area contributed by atoms with Crippen LogP contribution < -0.4 is 10.6 Å². The van der Waals surface area contributed by atoms with Crippen LogP contribution in [0.2, 0.25) is 0 Å². The fraction of sp³-hybridized carbons (Fsp3) is 0.467. The Hall–Kier alpha value is -2.88. The summed E-state index contributed by atoms with van der Waals surface area (Å²) >= 11 is 0. The third-order valence-electron chi connectivity index (χ3n) is 3.96. The van der Waals surface area contributed by atoms with Crippen molar-refractivity contribution in [1.82, 2.24) is 20.0 Å². The summed E-state index contributed by atoms with van der Waals surface area (Å²) in [6.45, 7) is 1.44. The van der Waals surface area contributed by atoms with Gasteiger partial charge in [0.15, 0.2) is 11.6 Å². The lowest BCUT2D eigenvalue weighted by Crippen LogP contribution is -2.20. The first kappa shape index (κ1) is 17.0. The standard InChI is InChI=1S/C15H20N6O4/c1-21-11(14(22)24-2)7-13(20-21)17-15(23)16-12-6-10(18-19-12)9-4-3-5-25-8-9/h6-7,9H,3-5,8H2,1-2H3,(H3,16,17,18,19,20,23). The van der Waals surface area contributed by atoms with Crippen LogP contribution in [0, 0.1) is 0 Å². The lowest BCUT2D eigenvalue weighted by molar-refractivity contribution is 0.0588. The van der Waals surface area contributed by atoms with Crippen LogP contribution in [-0.2, 0) is 16.5 Å². The van der Waals surface area contributed by atoms with Gasteiger partial charge < -0.3 is 9.47 Å². The van der Waals surface area contributed by atoms with E-state index in [1.54, 1.807) is 13.1 Å². The van der Waals surface area contributed by atoms with Crippen LogP contribution in [0.15, 0.2) is 12.1 Å². The van der Waals surface area contributed by atoms with Gasteiger partial charge in [-0.25, -0.2) is 9.59 Å². The summed E-state index contributed by atoms with van der Waals surface area (Å²) in [5.74, 6) is 0.368. The number of amides is 2. The van der Waals surface area contributed by atoms with Gasteiger partial charge in [-0.2, -0.15) is 10.2 Å². The number of rotatable bonds is 4. The van der Waals surface area contributed by atoms with Gasteiger partial charge >= 0.3 is 12.0 Å². The summed E-state index contributed by atoms with van der Waals surface area (Å²) in [6.07, 6.45) is 2.03. The van der Waals surface area contributed by atoms with Gasteiger partial charge in [0.2, 0.25) is 0 Å². The molecule has 10 heteroatoms. The van der Waals surface area contributed by atoms with Crippen LogP contribution in [0.25, 0.3) is 0 Å². The van der Waals surface area contributed by atoms with E-state index in [1.807, 2.05) is 0 Å². The molecule has 0 aromatic carbocycles. The molecule has 0 aliphatic carbocycles. The maximum Gasteiger partial charge on any atom is 0.356 e. The average Bonchev–Trinajstić information content (AvgIpc) is 3.21. The fourth-order valence-electron chi connectivity index (χ4n) is 2.68. The van der Waals surface area contributed by atoms with Crippen molar-refractivity contribution in [2.45, 2.75) is 18.8 Å². The number of nitrogens with zero attached hydrogens (tertiary/aromatic N) is 3. The van der Waals surface area contributed by atoms with E-state index in [0.717, 1.165) is 25.1 Å². The predicted octanol–water partition coefficient (Wildman–Crippen LogP) is 1.47. The Morgan fingerprint density at radius 2 is 2.16 bits per heavy atom. The van der Waals surface area contributed by atoms with E-state index in [1.165, 1.54) is 17.9 Å². The number of aromatic amines is 1.